The van der Waals surface area contributed by atoms with Crippen LogP contribution < -0.4 is 10.6 Å². The Hall–Kier alpha value is -2.93. The van der Waals surface area contributed by atoms with Crippen LogP contribution in [0.2, 0.25) is 5.15 Å². The Morgan fingerprint density at radius 3 is 2.48 bits per heavy atom. The molecule has 0 saturated heterocycles. The number of nitrogens with one attached hydrogen (secondary N) is 2. The van der Waals surface area contributed by atoms with Crippen LogP contribution >= 0.6 is 11.6 Å². The Bertz CT molecular complexity index is 853. The summed E-state index contributed by atoms with van der Waals surface area (Å²) in [5.74, 6) is -0.414. The van der Waals surface area contributed by atoms with Gasteiger partial charge in [-0.05, 0) is 49.1 Å². The van der Waals surface area contributed by atoms with Gasteiger partial charge in [-0.1, -0.05) is 41.7 Å². The lowest BCUT2D eigenvalue weighted by molar-refractivity contribution is -0.116. The Kier molecular flexibility index (Phi) is 9.11. The number of rotatable bonds is 10. The predicted octanol–water partition coefficient (Wildman–Crippen LogP) is 4.26. The second-order valence-electron chi connectivity index (χ2n) is 6.54. The van der Waals surface area contributed by atoms with E-state index in [1.165, 1.54) is 7.05 Å². The minimum Gasteiger partial charge on any atom is -0.410 e. The van der Waals surface area contributed by atoms with E-state index >= 15 is 0 Å². The molecule has 0 bridgehead atoms. The quantitative estimate of drug-likeness (QED) is 0.177. The first-order valence-electron chi connectivity index (χ1n) is 9.48. The van der Waals surface area contributed by atoms with Crippen LogP contribution in [0.5, 0.6) is 0 Å². The Labute approximate surface area is 175 Å². The third kappa shape index (κ3) is 7.54. The fraction of sp³-hybridized carbons (Fsp3) is 0.333. The van der Waals surface area contributed by atoms with Crippen molar-refractivity contribution in [2.75, 3.05) is 12.4 Å². The monoisotopic (exact) mass is 416 g/mol. The zero-order chi connectivity index (χ0) is 21.1. The van der Waals surface area contributed by atoms with Gasteiger partial charge in [-0.15, -0.1) is 0 Å². The summed E-state index contributed by atoms with van der Waals surface area (Å²) in [5, 5.41) is 17.6. The van der Waals surface area contributed by atoms with Crippen LogP contribution in [0.3, 0.4) is 0 Å². The maximum absolute atomic E-state index is 12.2. The van der Waals surface area contributed by atoms with Crippen molar-refractivity contribution in [3.8, 4) is 11.1 Å². The second kappa shape index (κ2) is 11.8. The van der Waals surface area contributed by atoms with E-state index in [4.69, 9.17) is 16.8 Å². The van der Waals surface area contributed by atoms with Crippen LogP contribution in [-0.4, -0.2) is 34.8 Å². The number of amides is 2. The van der Waals surface area contributed by atoms with Crippen LogP contribution in [0, 0.1) is 0 Å². The molecule has 0 aliphatic heterocycles. The third-order valence-corrected chi connectivity index (χ3v) is 4.61. The van der Waals surface area contributed by atoms with Gasteiger partial charge in [-0.25, -0.2) is 4.98 Å². The highest BCUT2D eigenvalue weighted by Crippen LogP contribution is 2.23. The van der Waals surface area contributed by atoms with Crippen molar-refractivity contribution < 1.29 is 14.8 Å². The first kappa shape index (κ1) is 22.4. The Balaban J connectivity index is 1.72. The highest BCUT2D eigenvalue weighted by molar-refractivity contribution is 6.38. The van der Waals surface area contributed by atoms with Crippen molar-refractivity contribution in [1.82, 2.24) is 10.3 Å². The number of carbonyl (C=O) groups excluding carboxylic acids is 2. The van der Waals surface area contributed by atoms with E-state index in [1.807, 2.05) is 30.3 Å². The normalized spacial score (nSPS) is 11.2. The van der Waals surface area contributed by atoms with Crippen molar-refractivity contribution in [3.05, 3.63) is 47.7 Å². The van der Waals surface area contributed by atoms with Crippen LogP contribution in [0.15, 0.2) is 47.8 Å². The minimum atomic E-state index is -0.372. The van der Waals surface area contributed by atoms with Gasteiger partial charge in [-0.3, -0.25) is 9.59 Å². The number of aromatic nitrogens is 1. The van der Waals surface area contributed by atoms with Crippen LogP contribution in [0.4, 0.5) is 5.69 Å². The number of unbranched alkanes of at least 4 members (excludes halogenated alkanes) is 3. The Morgan fingerprint density at radius 1 is 1.07 bits per heavy atom. The number of benzene rings is 1. The smallest absolute Gasteiger partial charge is 0.268 e. The largest absolute Gasteiger partial charge is 0.410 e. The van der Waals surface area contributed by atoms with Gasteiger partial charge in [0, 0.05) is 30.9 Å². The number of carbonyl (C=O) groups is 2. The standard InChI is InChI=1S/C21H25ClN4O3/c1-23-21(28)18(26-29)9-4-2-3-5-10-20(27)25-17-8-6-7-15(13-17)16-11-12-19(22)24-14-16/h6-8,11-14,29H,2-5,9-10H2,1H3,(H,23,28)(H,25,27)/b26-18+. The van der Waals surface area contributed by atoms with E-state index in [0.29, 0.717) is 18.0 Å². The van der Waals surface area contributed by atoms with Crippen LogP contribution in [-0.2, 0) is 9.59 Å². The van der Waals surface area contributed by atoms with Crippen molar-refractivity contribution >= 4 is 34.8 Å². The van der Waals surface area contributed by atoms with Gasteiger partial charge in [0.15, 0.2) is 0 Å². The Morgan fingerprint density at radius 2 is 1.83 bits per heavy atom. The number of anilines is 1. The minimum absolute atomic E-state index is 0.0423. The van der Waals surface area contributed by atoms with Gasteiger partial charge in [0.25, 0.3) is 5.91 Å². The number of hydrogen-bond acceptors (Lipinski definition) is 5. The zero-order valence-electron chi connectivity index (χ0n) is 16.3. The number of hydrogen-bond donors (Lipinski definition) is 3. The highest BCUT2D eigenvalue weighted by atomic mass is 35.5. The van der Waals surface area contributed by atoms with Crippen molar-refractivity contribution in [2.24, 2.45) is 5.16 Å². The molecule has 0 radical (unpaired) electrons. The van der Waals surface area contributed by atoms with Gasteiger partial charge in [-0.2, -0.15) is 0 Å². The first-order chi connectivity index (χ1) is 14.0. The molecule has 0 unspecified atom stereocenters. The fourth-order valence-electron chi connectivity index (χ4n) is 2.83. The average molecular weight is 417 g/mol. The molecule has 0 fully saturated rings. The van der Waals surface area contributed by atoms with Gasteiger partial charge in [0.1, 0.15) is 10.9 Å². The molecule has 3 N–H and O–H groups in total. The van der Waals surface area contributed by atoms with Gasteiger partial charge < -0.3 is 15.8 Å². The van der Waals surface area contributed by atoms with Gasteiger partial charge >= 0.3 is 0 Å². The number of nitrogens with zero attached hydrogens (tertiary/aromatic N) is 2. The fourth-order valence-corrected chi connectivity index (χ4v) is 2.94. The molecule has 0 aliphatic carbocycles. The van der Waals surface area contributed by atoms with E-state index in [0.717, 1.165) is 42.5 Å². The molecule has 29 heavy (non-hydrogen) atoms. The van der Waals surface area contributed by atoms with Gasteiger partial charge in [0.2, 0.25) is 5.91 Å². The molecule has 2 rings (SSSR count). The molecule has 1 aromatic heterocycles. The molecule has 1 heterocycles. The molecule has 7 nitrogen and oxygen atoms in total. The summed E-state index contributed by atoms with van der Waals surface area (Å²) >= 11 is 5.82. The lowest BCUT2D eigenvalue weighted by atomic mass is 10.1. The SMILES string of the molecule is CNC(=O)/C(CCCCCCC(=O)Nc1cccc(-c2ccc(Cl)nc2)c1)=N/O. The van der Waals surface area contributed by atoms with Crippen molar-refractivity contribution in [2.45, 2.75) is 38.5 Å². The van der Waals surface area contributed by atoms with Crippen LogP contribution in [0.25, 0.3) is 11.1 Å². The average Bonchev–Trinajstić information content (AvgIpc) is 2.73. The molecule has 0 aliphatic rings. The third-order valence-electron chi connectivity index (χ3n) is 4.38. The lowest BCUT2D eigenvalue weighted by Gasteiger charge is -2.08. The maximum Gasteiger partial charge on any atom is 0.268 e. The lowest BCUT2D eigenvalue weighted by Crippen LogP contribution is -2.27. The summed E-state index contributed by atoms with van der Waals surface area (Å²) in [6.07, 6.45) is 5.71. The predicted molar refractivity (Wildman–Crippen MR) is 114 cm³/mol. The second-order valence-corrected chi connectivity index (χ2v) is 6.93. The molecular weight excluding hydrogens is 392 g/mol. The molecule has 8 heteroatoms. The number of halogens is 1. The van der Waals surface area contributed by atoms with Crippen LogP contribution in [0.1, 0.15) is 38.5 Å². The summed E-state index contributed by atoms with van der Waals surface area (Å²) in [6.45, 7) is 0. The topological polar surface area (TPSA) is 104 Å². The summed E-state index contributed by atoms with van der Waals surface area (Å²) in [5.41, 5.74) is 2.73. The van der Waals surface area contributed by atoms with E-state index < -0.39 is 0 Å². The number of pyridine rings is 1. The van der Waals surface area contributed by atoms with E-state index in [9.17, 15) is 9.59 Å². The van der Waals surface area contributed by atoms with Crippen molar-refractivity contribution in [3.63, 3.8) is 0 Å². The molecule has 154 valence electrons. The molecule has 0 atom stereocenters. The number of oxime groups is 1. The summed E-state index contributed by atoms with van der Waals surface area (Å²) in [6, 6.07) is 11.2. The molecule has 0 saturated carbocycles. The summed E-state index contributed by atoms with van der Waals surface area (Å²) in [4.78, 5) is 27.6. The van der Waals surface area contributed by atoms with E-state index in [-0.39, 0.29) is 17.5 Å². The molecule has 0 spiro atoms. The molecule has 2 amide bonds. The highest BCUT2D eigenvalue weighted by Gasteiger charge is 2.09. The molecular formula is C21H25ClN4O3. The maximum atomic E-state index is 12.2. The molecule has 1 aromatic carbocycles. The first-order valence-corrected chi connectivity index (χ1v) is 9.86. The zero-order valence-corrected chi connectivity index (χ0v) is 17.1. The van der Waals surface area contributed by atoms with Gasteiger partial charge in [0.05, 0.1) is 0 Å². The van der Waals surface area contributed by atoms with E-state index in [1.54, 1.807) is 12.3 Å². The summed E-state index contributed by atoms with van der Waals surface area (Å²) in [7, 11) is 1.49. The summed E-state index contributed by atoms with van der Waals surface area (Å²) < 4.78 is 0. The van der Waals surface area contributed by atoms with Crippen molar-refractivity contribution in [1.29, 1.82) is 0 Å². The molecule has 2 aromatic rings. The van der Waals surface area contributed by atoms with E-state index in [2.05, 4.69) is 20.8 Å².